The van der Waals surface area contributed by atoms with Crippen LogP contribution in [0.2, 0.25) is 0 Å². The van der Waals surface area contributed by atoms with Crippen LogP contribution in [0, 0.1) is 6.92 Å². The van der Waals surface area contributed by atoms with Crippen molar-refractivity contribution in [3.8, 4) is 11.4 Å². The lowest BCUT2D eigenvalue weighted by molar-refractivity contribution is -0.140. The average molecular weight is 432 g/mol. The van der Waals surface area contributed by atoms with Crippen LogP contribution in [0.3, 0.4) is 0 Å². The number of benzene rings is 2. The Kier molecular flexibility index (Phi) is 5.35. The van der Waals surface area contributed by atoms with Crippen LogP contribution in [0.5, 0.6) is 5.75 Å². The van der Waals surface area contributed by atoms with Crippen molar-refractivity contribution >= 4 is 0 Å². The van der Waals surface area contributed by atoms with Crippen LogP contribution in [0.25, 0.3) is 5.69 Å². The third kappa shape index (κ3) is 4.16. The van der Waals surface area contributed by atoms with Gasteiger partial charge in [-0.25, -0.2) is 4.79 Å². The summed E-state index contributed by atoms with van der Waals surface area (Å²) < 4.78 is 87.1. The van der Waals surface area contributed by atoms with E-state index in [2.05, 4.69) is 10.4 Å². The van der Waals surface area contributed by atoms with Gasteiger partial charge >= 0.3 is 18.0 Å². The first kappa shape index (κ1) is 21.4. The Morgan fingerprint density at radius 2 is 1.63 bits per heavy atom. The molecular formula is C18H14F6N4O2. The van der Waals surface area contributed by atoms with Gasteiger partial charge in [0.25, 0.3) is 0 Å². The summed E-state index contributed by atoms with van der Waals surface area (Å²) in [7, 11) is 1.25. The standard InChI is InChI=1S/C18H14F6N4O2/c1-10-6-7-15(13(8-10)18(22,23)24)30-9-11-12(17(19,20)21)4-3-5-14(11)28-16(29)27(2)25-26-28/h3-8H,9H2,1-2H3. The van der Waals surface area contributed by atoms with Crippen LogP contribution < -0.4 is 10.4 Å². The van der Waals surface area contributed by atoms with Crippen molar-refractivity contribution in [1.82, 2.24) is 19.8 Å². The molecule has 0 aliphatic heterocycles. The van der Waals surface area contributed by atoms with E-state index < -0.39 is 47.1 Å². The minimum atomic E-state index is -4.85. The molecule has 1 heterocycles. The summed E-state index contributed by atoms with van der Waals surface area (Å²) >= 11 is 0. The zero-order valence-corrected chi connectivity index (χ0v) is 15.5. The van der Waals surface area contributed by atoms with Crippen molar-refractivity contribution in [3.05, 3.63) is 69.1 Å². The predicted molar refractivity (Wildman–Crippen MR) is 92.1 cm³/mol. The summed E-state index contributed by atoms with van der Waals surface area (Å²) in [5.74, 6) is -0.637. The third-order valence-corrected chi connectivity index (χ3v) is 4.22. The van der Waals surface area contributed by atoms with E-state index in [0.29, 0.717) is 10.2 Å². The highest BCUT2D eigenvalue weighted by Gasteiger charge is 2.37. The van der Waals surface area contributed by atoms with Crippen LogP contribution >= 0.6 is 0 Å². The van der Waals surface area contributed by atoms with E-state index in [0.717, 1.165) is 28.9 Å². The molecule has 6 nitrogen and oxygen atoms in total. The van der Waals surface area contributed by atoms with Gasteiger partial charge in [-0.05, 0) is 41.6 Å². The van der Waals surface area contributed by atoms with E-state index in [1.807, 2.05) is 0 Å². The van der Waals surface area contributed by atoms with Crippen molar-refractivity contribution in [2.24, 2.45) is 7.05 Å². The first-order chi connectivity index (χ1) is 13.9. The van der Waals surface area contributed by atoms with Gasteiger partial charge in [0.15, 0.2) is 0 Å². The molecule has 0 aliphatic carbocycles. The number of alkyl halides is 6. The van der Waals surface area contributed by atoms with Gasteiger partial charge in [0.1, 0.15) is 12.4 Å². The maximum atomic E-state index is 13.5. The van der Waals surface area contributed by atoms with E-state index in [4.69, 9.17) is 4.74 Å². The van der Waals surface area contributed by atoms with Crippen molar-refractivity contribution in [2.75, 3.05) is 0 Å². The minimum absolute atomic E-state index is 0.302. The summed E-state index contributed by atoms with van der Waals surface area (Å²) in [6, 6.07) is 6.17. The van der Waals surface area contributed by atoms with Crippen molar-refractivity contribution in [1.29, 1.82) is 0 Å². The van der Waals surface area contributed by atoms with Crippen LogP contribution in [0.15, 0.2) is 41.2 Å². The van der Waals surface area contributed by atoms with Gasteiger partial charge in [0, 0.05) is 12.6 Å². The molecule has 3 aromatic rings. The molecule has 3 rings (SSSR count). The van der Waals surface area contributed by atoms with Gasteiger partial charge in [0.2, 0.25) is 0 Å². The second kappa shape index (κ2) is 7.50. The average Bonchev–Trinajstić information content (AvgIpc) is 2.97. The summed E-state index contributed by atoms with van der Waals surface area (Å²) in [5, 5.41) is 6.95. The molecule has 0 atom stereocenters. The van der Waals surface area contributed by atoms with Crippen molar-refractivity contribution < 1.29 is 31.1 Å². The molecular weight excluding hydrogens is 418 g/mol. The topological polar surface area (TPSA) is 61.9 Å². The summed E-state index contributed by atoms with van der Waals surface area (Å²) in [4.78, 5) is 12.1. The second-order valence-corrected chi connectivity index (χ2v) is 6.38. The lowest BCUT2D eigenvalue weighted by atomic mass is 10.1. The Balaban J connectivity index is 2.10. The Bertz CT molecular complexity index is 1130. The maximum Gasteiger partial charge on any atom is 0.419 e. The highest BCUT2D eigenvalue weighted by atomic mass is 19.4. The molecule has 1 aromatic heterocycles. The maximum absolute atomic E-state index is 13.5. The van der Waals surface area contributed by atoms with Gasteiger partial charge in [-0.15, -0.1) is 0 Å². The van der Waals surface area contributed by atoms with E-state index in [1.54, 1.807) is 0 Å². The number of ether oxygens (including phenoxy) is 1. The Hall–Kier alpha value is -3.31. The van der Waals surface area contributed by atoms with Crippen LogP contribution in [0.4, 0.5) is 26.3 Å². The largest absolute Gasteiger partial charge is 0.488 e. The van der Waals surface area contributed by atoms with Gasteiger partial charge in [-0.1, -0.05) is 17.7 Å². The van der Waals surface area contributed by atoms with Crippen LogP contribution in [-0.2, 0) is 26.0 Å². The highest BCUT2D eigenvalue weighted by molar-refractivity contribution is 5.47. The fraction of sp³-hybridized carbons (Fsp3) is 0.278. The predicted octanol–water partition coefficient (Wildman–Crippen LogP) is 3.89. The number of aromatic nitrogens is 4. The SMILES string of the molecule is Cc1ccc(OCc2c(-n3nnn(C)c3=O)cccc2C(F)(F)F)c(C(F)(F)F)c1. The number of hydrogen-bond acceptors (Lipinski definition) is 4. The van der Waals surface area contributed by atoms with Crippen LogP contribution in [-0.4, -0.2) is 19.8 Å². The fourth-order valence-electron chi connectivity index (χ4n) is 2.80. The lowest BCUT2D eigenvalue weighted by Crippen LogP contribution is -2.24. The number of nitrogens with zero attached hydrogens (tertiary/aromatic N) is 4. The van der Waals surface area contributed by atoms with E-state index in [1.165, 1.54) is 26.1 Å². The number of rotatable bonds is 4. The molecule has 0 bridgehead atoms. The molecule has 0 saturated carbocycles. The van der Waals surface area contributed by atoms with Crippen LogP contribution in [0.1, 0.15) is 22.3 Å². The molecule has 160 valence electrons. The van der Waals surface area contributed by atoms with Gasteiger partial charge in [-0.2, -0.15) is 35.7 Å². The summed E-state index contributed by atoms with van der Waals surface area (Å²) in [6.45, 7) is 0.552. The van der Waals surface area contributed by atoms with E-state index in [9.17, 15) is 31.1 Å². The second-order valence-electron chi connectivity index (χ2n) is 6.38. The van der Waals surface area contributed by atoms with Gasteiger partial charge in [0.05, 0.1) is 16.8 Å². The molecule has 0 unspecified atom stereocenters. The van der Waals surface area contributed by atoms with Gasteiger partial charge < -0.3 is 4.74 Å². The first-order valence-corrected chi connectivity index (χ1v) is 8.38. The number of aryl methyl sites for hydroxylation is 2. The van der Waals surface area contributed by atoms with Crippen molar-refractivity contribution in [3.63, 3.8) is 0 Å². The van der Waals surface area contributed by atoms with E-state index >= 15 is 0 Å². The molecule has 0 amide bonds. The normalized spacial score (nSPS) is 12.3. The molecule has 0 N–H and O–H groups in total. The number of tetrazole rings is 1. The number of halogens is 6. The van der Waals surface area contributed by atoms with E-state index in [-0.39, 0.29) is 5.69 Å². The summed E-state index contributed by atoms with van der Waals surface area (Å²) in [6.07, 6.45) is -9.61. The quantitative estimate of drug-likeness (QED) is 0.587. The Morgan fingerprint density at radius 1 is 0.967 bits per heavy atom. The fourth-order valence-corrected chi connectivity index (χ4v) is 2.80. The molecule has 2 aromatic carbocycles. The zero-order chi connectivity index (χ0) is 22.3. The van der Waals surface area contributed by atoms with Crippen molar-refractivity contribution in [2.45, 2.75) is 25.9 Å². The molecule has 30 heavy (non-hydrogen) atoms. The lowest BCUT2D eigenvalue weighted by Gasteiger charge is -2.19. The molecule has 12 heteroatoms. The smallest absolute Gasteiger partial charge is 0.419 e. The molecule has 0 aliphatic rings. The third-order valence-electron chi connectivity index (χ3n) is 4.22. The minimum Gasteiger partial charge on any atom is -0.488 e. The molecule has 0 saturated heterocycles. The molecule has 0 spiro atoms. The first-order valence-electron chi connectivity index (χ1n) is 8.38. The molecule has 0 radical (unpaired) electrons. The highest BCUT2D eigenvalue weighted by Crippen LogP contribution is 2.38. The molecule has 0 fully saturated rings. The number of hydrogen-bond donors (Lipinski definition) is 0. The summed E-state index contributed by atoms with van der Waals surface area (Å²) in [5.41, 5.74) is -3.67. The Labute approximate surface area is 165 Å². The zero-order valence-electron chi connectivity index (χ0n) is 15.5. The van der Waals surface area contributed by atoms with Gasteiger partial charge in [-0.3, -0.25) is 0 Å². The Morgan fingerprint density at radius 3 is 2.20 bits per heavy atom. The monoisotopic (exact) mass is 432 g/mol.